The number of hydrogen-bond donors (Lipinski definition) is 1. The summed E-state index contributed by atoms with van der Waals surface area (Å²) in [4.78, 5) is 10.6. The third kappa shape index (κ3) is 2.79. The molecule has 1 rings (SSSR count). The van der Waals surface area contributed by atoms with Crippen molar-refractivity contribution >= 4 is 5.69 Å². The summed E-state index contributed by atoms with van der Waals surface area (Å²) in [6.07, 6.45) is 0.556. The molecule has 0 saturated heterocycles. The monoisotopic (exact) mass is 222 g/mol. The van der Waals surface area contributed by atoms with Crippen molar-refractivity contribution in [3.8, 4) is 0 Å². The first-order valence-corrected chi connectivity index (χ1v) is 5.42. The highest BCUT2D eigenvalue weighted by Crippen LogP contribution is 2.24. The molecular weight excluding hydrogens is 204 g/mol. The van der Waals surface area contributed by atoms with Crippen LogP contribution in [0.1, 0.15) is 25.0 Å². The van der Waals surface area contributed by atoms with Crippen molar-refractivity contribution in [1.82, 2.24) is 0 Å². The van der Waals surface area contributed by atoms with E-state index in [9.17, 15) is 10.1 Å². The Balaban J connectivity index is 3.06. The first-order chi connectivity index (χ1) is 7.43. The molecule has 0 bridgehead atoms. The number of nitrogens with two attached hydrogens (primary N) is 1. The van der Waals surface area contributed by atoms with Crippen LogP contribution in [0.5, 0.6) is 0 Å². The highest BCUT2D eigenvalue weighted by atomic mass is 16.6. The smallest absolute Gasteiger partial charge is 0.272 e. The van der Waals surface area contributed by atoms with Crippen LogP contribution in [0.15, 0.2) is 18.2 Å². The van der Waals surface area contributed by atoms with Gasteiger partial charge in [-0.3, -0.25) is 10.1 Å². The van der Waals surface area contributed by atoms with Gasteiger partial charge in [0.05, 0.1) is 4.92 Å². The van der Waals surface area contributed by atoms with Crippen LogP contribution in [-0.4, -0.2) is 11.0 Å². The molecule has 0 amide bonds. The zero-order chi connectivity index (χ0) is 12.3. The molecule has 0 heterocycles. The third-order valence-corrected chi connectivity index (χ3v) is 2.88. The van der Waals surface area contributed by atoms with E-state index in [-0.39, 0.29) is 16.7 Å². The number of benzene rings is 1. The van der Waals surface area contributed by atoms with Crippen molar-refractivity contribution in [2.45, 2.75) is 33.2 Å². The molecular formula is C12H18N2O2. The van der Waals surface area contributed by atoms with E-state index in [1.165, 1.54) is 6.07 Å². The Morgan fingerprint density at radius 3 is 2.56 bits per heavy atom. The summed E-state index contributed by atoms with van der Waals surface area (Å²) in [7, 11) is 0. The molecule has 0 aliphatic rings. The molecule has 0 saturated carbocycles. The van der Waals surface area contributed by atoms with Crippen LogP contribution in [0.25, 0.3) is 0 Å². The second kappa shape index (κ2) is 5.07. The fourth-order valence-electron chi connectivity index (χ4n) is 1.59. The first-order valence-electron chi connectivity index (χ1n) is 5.42. The lowest BCUT2D eigenvalue weighted by Gasteiger charge is -2.16. The van der Waals surface area contributed by atoms with Crippen molar-refractivity contribution in [2.24, 2.45) is 11.7 Å². The Kier molecular flexibility index (Phi) is 4.01. The van der Waals surface area contributed by atoms with Gasteiger partial charge in [0.1, 0.15) is 0 Å². The SMILES string of the molecule is Cc1cccc([N+](=O)[O-])c1CC(N)C(C)C. The second-order valence-electron chi connectivity index (χ2n) is 4.44. The van der Waals surface area contributed by atoms with E-state index in [1.54, 1.807) is 6.07 Å². The Labute approximate surface area is 95.6 Å². The van der Waals surface area contributed by atoms with Crippen molar-refractivity contribution in [3.63, 3.8) is 0 Å². The van der Waals surface area contributed by atoms with Crippen LogP contribution < -0.4 is 5.73 Å². The van der Waals surface area contributed by atoms with Crippen molar-refractivity contribution < 1.29 is 4.92 Å². The number of nitro groups is 1. The molecule has 0 aliphatic heterocycles. The van der Waals surface area contributed by atoms with E-state index < -0.39 is 0 Å². The molecule has 0 spiro atoms. The molecule has 2 N–H and O–H groups in total. The molecule has 0 fully saturated rings. The predicted octanol–water partition coefficient (Wildman–Crippen LogP) is 2.43. The zero-order valence-electron chi connectivity index (χ0n) is 9.93. The first kappa shape index (κ1) is 12.6. The van der Waals surface area contributed by atoms with Gasteiger partial charge in [0.2, 0.25) is 0 Å². The maximum atomic E-state index is 10.9. The number of nitrogens with zero attached hydrogens (tertiary/aromatic N) is 1. The summed E-state index contributed by atoms with van der Waals surface area (Å²) in [5.41, 5.74) is 7.83. The molecule has 4 nitrogen and oxygen atoms in total. The molecule has 0 aliphatic carbocycles. The van der Waals surface area contributed by atoms with Gasteiger partial charge in [-0.25, -0.2) is 0 Å². The fourth-order valence-corrected chi connectivity index (χ4v) is 1.59. The normalized spacial score (nSPS) is 12.8. The molecule has 0 aromatic heterocycles. The fraction of sp³-hybridized carbons (Fsp3) is 0.500. The summed E-state index contributed by atoms with van der Waals surface area (Å²) < 4.78 is 0. The van der Waals surface area contributed by atoms with Gasteiger partial charge in [-0.15, -0.1) is 0 Å². The minimum atomic E-state index is -0.338. The molecule has 1 atom stereocenters. The van der Waals surface area contributed by atoms with Gasteiger partial charge in [0.15, 0.2) is 0 Å². The number of hydrogen-bond acceptors (Lipinski definition) is 3. The Morgan fingerprint density at radius 2 is 2.06 bits per heavy atom. The van der Waals surface area contributed by atoms with Crippen LogP contribution in [0.2, 0.25) is 0 Å². The topological polar surface area (TPSA) is 69.2 Å². The highest BCUT2D eigenvalue weighted by molar-refractivity contribution is 5.45. The summed E-state index contributed by atoms with van der Waals surface area (Å²) in [6, 6.07) is 5.09. The van der Waals surface area contributed by atoms with E-state index in [1.807, 2.05) is 26.8 Å². The van der Waals surface area contributed by atoms with Gasteiger partial charge in [-0.05, 0) is 24.8 Å². The Morgan fingerprint density at radius 1 is 1.44 bits per heavy atom. The summed E-state index contributed by atoms with van der Waals surface area (Å²) in [6.45, 7) is 5.93. The lowest BCUT2D eigenvalue weighted by atomic mass is 9.94. The summed E-state index contributed by atoms with van der Waals surface area (Å²) >= 11 is 0. The van der Waals surface area contributed by atoms with Crippen LogP contribution in [0.4, 0.5) is 5.69 Å². The lowest BCUT2D eigenvalue weighted by molar-refractivity contribution is -0.385. The molecule has 0 radical (unpaired) electrons. The minimum absolute atomic E-state index is 0.0419. The lowest BCUT2D eigenvalue weighted by Crippen LogP contribution is -2.29. The summed E-state index contributed by atoms with van der Waals surface area (Å²) in [5.74, 6) is 0.319. The quantitative estimate of drug-likeness (QED) is 0.628. The third-order valence-electron chi connectivity index (χ3n) is 2.88. The maximum absolute atomic E-state index is 10.9. The average molecular weight is 222 g/mol. The second-order valence-corrected chi connectivity index (χ2v) is 4.44. The average Bonchev–Trinajstić information content (AvgIpc) is 2.20. The van der Waals surface area contributed by atoms with Crippen molar-refractivity contribution in [3.05, 3.63) is 39.4 Å². The Hall–Kier alpha value is -1.42. The number of nitro benzene ring substituents is 1. The number of aryl methyl sites for hydroxylation is 1. The molecule has 1 aromatic rings. The Bertz CT molecular complexity index is 389. The zero-order valence-corrected chi connectivity index (χ0v) is 9.93. The predicted molar refractivity (Wildman–Crippen MR) is 64.4 cm³/mol. The van der Waals surface area contributed by atoms with E-state index >= 15 is 0 Å². The molecule has 16 heavy (non-hydrogen) atoms. The van der Waals surface area contributed by atoms with Crippen molar-refractivity contribution in [2.75, 3.05) is 0 Å². The molecule has 88 valence electrons. The minimum Gasteiger partial charge on any atom is -0.327 e. The molecule has 4 heteroatoms. The largest absolute Gasteiger partial charge is 0.327 e. The van der Waals surface area contributed by atoms with Gasteiger partial charge in [-0.2, -0.15) is 0 Å². The van der Waals surface area contributed by atoms with E-state index in [2.05, 4.69) is 0 Å². The maximum Gasteiger partial charge on any atom is 0.272 e. The molecule has 1 unspecified atom stereocenters. The number of rotatable bonds is 4. The van der Waals surface area contributed by atoms with Gasteiger partial charge in [0, 0.05) is 17.7 Å². The van der Waals surface area contributed by atoms with Crippen LogP contribution in [-0.2, 0) is 6.42 Å². The van der Waals surface area contributed by atoms with Crippen LogP contribution in [0, 0.1) is 23.0 Å². The van der Waals surface area contributed by atoms with Gasteiger partial charge in [0.25, 0.3) is 5.69 Å². The van der Waals surface area contributed by atoms with Gasteiger partial charge >= 0.3 is 0 Å². The van der Waals surface area contributed by atoms with Gasteiger partial charge in [-0.1, -0.05) is 26.0 Å². The standard InChI is InChI=1S/C12H18N2O2/c1-8(2)11(13)7-10-9(3)5-4-6-12(10)14(15)16/h4-6,8,11H,7,13H2,1-3H3. The van der Waals surface area contributed by atoms with Crippen LogP contribution in [0.3, 0.4) is 0 Å². The highest BCUT2D eigenvalue weighted by Gasteiger charge is 2.19. The summed E-state index contributed by atoms with van der Waals surface area (Å²) in [5, 5.41) is 10.9. The van der Waals surface area contributed by atoms with E-state index in [4.69, 9.17) is 5.73 Å². The van der Waals surface area contributed by atoms with Crippen LogP contribution >= 0.6 is 0 Å². The van der Waals surface area contributed by atoms with E-state index in [0.717, 1.165) is 11.1 Å². The van der Waals surface area contributed by atoms with E-state index in [0.29, 0.717) is 12.3 Å². The van der Waals surface area contributed by atoms with Crippen molar-refractivity contribution in [1.29, 1.82) is 0 Å². The van der Waals surface area contributed by atoms with Gasteiger partial charge < -0.3 is 5.73 Å². The molecule has 1 aromatic carbocycles.